The summed E-state index contributed by atoms with van der Waals surface area (Å²) in [6.45, 7) is 8.04. The van der Waals surface area contributed by atoms with Gasteiger partial charge in [0.1, 0.15) is 12.6 Å². The highest BCUT2D eigenvalue weighted by molar-refractivity contribution is 6.62. The molecule has 6 nitrogen and oxygen atoms in total. The number of hydrogen-bond acceptors (Lipinski definition) is 6. The topological polar surface area (TPSA) is 93.1 Å². The molecule has 1 saturated heterocycles. The maximum atomic E-state index is 10.7. The maximum absolute atomic E-state index is 10.7. The average molecular weight is 382 g/mol. The minimum absolute atomic E-state index is 0.328. The maximum Gasteiger partial charge on any atom is 0.494 e. The van der Waals surface area contributed by atoms with Crippen molar-refractivity contribution < 1.29 is 28.9 Å². The first-order valence-corrected chi connectivity index (χ1v) is 8.91. The van der Waals surface area contributed by atoms with Crippen LogP contribution in [0.1, 0.15) is 48.4 Å². The minimum atomic E-state index is -1.50. The van der Waals surface area contributed by atoms with Crippen molar-refractivity contribution >= 4 is 37.7 Å². The van der Waals surface area contributed by atoms with Crippen LogP contribution in [0.25, 0.3) is 0 Å². The molecule has 1 fully saturated rings. The van der Waals surface area contributed by atoms with Gasteiger partial charge in [-0.1, -0.05) is 48.5 Å². The summed E-state index contributed by atoms with van der Waals surface area (Å²) in [5.41, 5.74) is 1.58. The lowest BCUT2D eigenvalue weighted by atomic mass is 9.78. The molecular formula is C20H24B2O6. The molecule has 0 aromatic heterocycles. The molecule has 0 atom stereocenters. The van der Waals surface area contributed by atoms with E-state index in [1.165, 1.54) is 12.1 Å². The molecule has 0 bridgehead atoms. The summed E-state index contributed by atoms with van der Waals surface area (Å²) in [6, 6.07) is 13.5. The lowest BCUT2D eigenvalue weighted by Crippen LogP contribution is -2.41. The molecule has 0 saturated carbocycles. The zero-order valence-corrected chi connectivity index (χ0v) is 16.5. The third kappa shape index (κ3) is 5.17. The number of rotatable bonds is 4. The van der Waals surface area contributed by atoms with Crippen molar-refractivity contribution in [3.8, 4) is 0 Å². The molecule has 3 rings (SSSR count). The molecule has 2 N–H and O–H groups in total. The Labute approximate surface area is 165 Å². The van der Waals surface area contributed by atoms with Crippen molar-refractivity contribution in [2.45, 2.75) is 38.9 Å². The van der Waals surface area contributed by atoms with Crippen molar-refractivity contribution in [2.75, 3.05) is 0 Å². The molecule has 1 aliphatic rings. The summed E-state index contributed by atoms with van der Waals surface area (Å²) in [7, 11) is -1.91. The van der Waals surface area contributed by atoms with Gasteiger partial charge in [-0.25, -0.2) is 0 Å². The van der Waals surface area contributed by atoms with Crippen molar-refractivity contribution in [1.82, 2.24) is 0 Å². The van der Waals surface area contributed by atoms with Crippen LogP contribution in [0.4, 0.5) is 0 Å². The first-order valence-electron chi connectivity index (χ1n) is 8.91. The van der Waals surface area contributed by atoms with Crippen LogP contribution < -0.4 is 10.9 Å². The Morgan fingerprint density at radius 1 is 0.857 bits per heavy atom. The summed E-state index contributed by atoms with van der Waals surface area (Å²) in [5, 5.41) is 17.4. The molecule has 0 unspecified atom stereocenters. The summed E-state index contributed by atoms with van der Waals surface area (Å²) in [4.78, 5) is 21.0. The van der Waals surface area contributed by atoms with Crippen molar-refractivity contribution in [2.24, 2.45) is 0 Å². The first kappa shape index (κ1) is 22.0. The Hall–Kier alpha value is -2.25. The summed E-state index contributed by atoms with van der Waals surface area (Å²) >= 11 is 0. The monoisotopic (exact) mass is 382 g/mol. The van der Waals surface area contributed by atoms with Crippen LogP contribution >= 0.6 is 0 Å². The highest BCUT2D eigenvalue weighted by Crippen LogP contribution is 2.36. The molecular weight excluding hydrogens is 358 g/mol. The number of aldehydes is 2. The zero-order chi connectivity index (χ0) is 20.9. The van der Waals surface area contributed by atoms with E-state index in [0.29, 0.717) is 22.9 Å². The van der Waals surface area contributed by atoms with Crippen LogP contribution in [0.5, 0.6) is 0 Å². The SMILES string of the molecule is CC1(C)OB(c2cccc(C=O)c2)OC1(C)C.O=Cc1cccc(B(O)O)c1. The van der Waals surface area contributed by atoms with Gasteiger partial charge in [0.05, 0.1) is 11.2 Å². The highest BCUT2D eigenvalue weighted by atomic mass is 16.7. The Kier molecular flexibility index (Phi) is 6.96. The van der Waals surface area contributed by atoms with Gasteiger partial charge < -0.3 is 19.4 Å². The van der Waals surface area contributed by atoms with Gasteiger partial charge in [-0.2, -0.15) is 0 Å². The quantitative estimate of drug-likeness (QED) is 0.605. The van der Waals surface area contributed by atoms with Crippen LogP contribution in [0.2, 0.25) is 0 Å². The number of benzene rings is 2. The lowest BCUT2D eigenvalue weighted by molar-refractivity contribution is 0.00578. The van der Waals surface area contributed by atoms with E-state index in [9.17, 15) is 9.59 Å². The van der Waals surface area contributed by atoms with Crippen LogP contribution in [-0.4, -0.2) is 48.1 Å². The van der Waals surface area contributed by atoms with E-state index >= 15 is 0 Å². The van der Waals surface area contributed by atoms with Crippen molar-refractivity contribution in [3.63, 3.8) is 0 Å². The summed E-state index contributed by atoms with van der Waals surface area (Å²) < 4.78 is 11.8. The standard InChI is InChI=1S/C13H17BO3.C7H7BO3/c1-12(2)13(3,4)17-14(16-12)11-7-5-6-10(8-11)9-15;9-5-6-2-1-3-7(4-6)8(10)11/h5-9H,1-4H3;1-5,10-11H. The van der Waals surface area contributed by atoms with Gasteiger partial charge >= 0.3 is 14.2 Å². The van der Waals surface area contributed by atoms with Gasteiger partial charge in [-0.05, 0) is 38.6 Å². The number of carbonyl (C=O) groups excluding carboxylic acids is 2. The van der Waals surface area contributed by atoms with Crippen LogP contribution in [-0.2, 0) is 9.31 Å². The minimum Gasteiger partial charge on any atom is -0.423 e. The van der Waals surface area contributed by atoms with Crippen LogP contribution in [0.15, 0.2) is 48.5 Å². The number of carbonyl (C=O) groups is 2. The number of hydrogen-bond donors (Lipinski definition) is 2. The second-order valence-corrected chi connectivity index (χ2v) is 7.54. The summed E-state index contributed by atoms with van der Waals surface area (Å²) in [5.74, 6) is 0. The predicted octanol–water partition coefficient (Wildman–Crippen LogP) is 0.977. The van der Waals surface area contributed by atoms with Gasteiger partial charge in [-0.15, -0.1) is 0 Å². The Bertz CT molecular complexity index is 819. The average Bonchev–Trinajstić information content (AvgIpc) is 2.89. The first-order chi connectivity index (χ1) is 13.1. The van der Waals surface area contributed by atoms with Gasteiger partial charge in [-0.3, -0.25) is 9.59 Å². The van der Waals surface area contributed by atoms with E-state index in [4.69, 9.17) is 19.4 Å². The molecule has 0 amide bonds. The van der Waals surface area contributed by atoms with Gasteiger partial charge in [0.15, 0.2) is 0 Å². The van der Waals surface area contributed by atoms with E-state index in [2.05, 4.69) is 0 Å². The fraction of sp³-hybridized carbons (Fsp3) is 0.300. The Morgan fingerprint density at radius 2 is 1.36 bits per heavy atom. The zero-order valence-electron chi connectivity index (χ0n) is 16.5. The Balaban J connectivity index is 0.000000221. The van der Waals surface area contributed by atoms with E-state index in [1.54, 1.807) is 24.3 Å². The fourth-order valence-electron chi connectivity index (χ4n) is 2.55. The van der Waals surface area contributed by atoms with E-state index < -0.39 is 14.2 Å². The molecule has 8 heteroatoms. The molecule has 0 spiro atoms. The molecule has 2 aromatic carbocycles. The molecule has 146 valence electrons. The lowest BCUT2D eigenvalue weighted by Gasteiger charge is -2.32. The molecule has 1 aliphatic heterocycles. The fourth-order valence-corrected chi connectivity index (χ4v) is 2.55. The molecule has 28 heavy (non-hydrogen) atoms. The van der Waals surface area contributed by atoms with Crippen LogP contribution in [0, 0.1) is 0 Å². The molecule has 0 aliphatic carbocycles. The molecule has 1 heterocycles. The second-order valence-electron chi connectivity index (χ2n) is 7.54. The normalized spacial score (nSPS) is 16.7. The Morgan fingerprint density at radius 3 is 1.86 bits per heavy atom. The predicted molar refractivity (Wildman–Crippen MR) is 109 cm³/mol. The molecule has 0 radical (unpaired) electrons. The van der Waals surface area contributed by atoms with E-state index in [0.717, 1.165) is 11.7 Å². The van der Waals surface area contributed by atoms with E-state index in [-0.39, 0.29) is 11.2 Å². The van der Waals surface area contributed by atoms with Gasteiger partial charge in [0.2, 0.25) is 0 Å². The summed E-state index contributed by atoms with van der Waals surface area (Å²) in [6.07, 6.45) is 1.49. The van der Waals surface area contributed by atoms with Crippen LogP contribution in [0.3, 0.4) is 0 Å². The van der Waals surface area contributed by atoms with Gasteiger partial charge in [0, 0.05) is 11.1 Å². The highest BCUT2D eigenvalue weighted by Gasteiger charge is 2.51. The smallest absolute Gasteiger partial charge is 0.423 e. The van der Waals surface area contributed by atoms with Crippen molar-refractivity contribution in [3.05, 3.63) is 59.7 Å². The third-order valence-electron chi connectivity index (χ3n) is 4.92. The van der Waals surface area contributed by atoms with Gasteiger partial charge in [0.25, 0.3) is 0 Å². The largest absolute Gasteiger partial charge is 0.494 e. The second kappa shape index (κ2) is 8.84. The van der Waals surface area contributed by atoms with Crippen molar-refractivity contribution in [1.29, 1.82) is 0 Å². The molecule has 2 aromatic rings. The van der Waals surface area contributed by atoms with E-state index in [1.807, 2.05) is 39.8 Å². The third-order valence-corrected chi connectivity index (χ3v) is 4.92.